The number of carbonyl (C=O) groups excluding carboxylic acids is 1. The summed E-state index contributed by atoms with van der Waals surface area (Å²) >= 11 is 12.3. The van der Waals surface area contributed by atoms with Gasteiger partial charge in [0, 0.05) is 50.8 Å². The molecule has 0 radical (unpaired) electrons. The second-order valence-electron chi connectivity index (χ2n) is 8.20. The maximum atomic E-state index is 13.0. The van der Waals surface area contributed by atoms with Crippen LogP contribution in [-0.4, -0.2) is 31.4 Å². The lowest BCUT2D eigenvalue weighted by Crippen LogP contribution is -2.04. The normalized spacial score (nSPS) is 11.1. The number of ketones is 1. The Labute approximate surface area is 216 Å². The van der Waals surface area contributed by atoms with Crippen molar-refractivity contribution in [2.45, 2.75) is 12.8 Å². The van der Waals surface area contributed by atoms with E-state index in [9.17, 15) is 9.59 Å². The first-order valence-electron chi connectivity index (χ1n) is 11.2. The molecule has 0 unspecified atom stereocenters. The third kappa shape index (κ3) is 4.87. The quantitative estimate of drug-likeness (QED) is 0.233. The molecule has 0 spiro atoms. The zero-order valence-electron chi connectivity index (χ0n) is 18.9. The summed E-state index contributed by atoms with van der Waals surface area (Å²) in [6, 6.07) is 24.1. The lowest BCUT2D eigenvalue weighted by atomic mass is 10.1. The third-order valence-electron chi connectivity index (χ3n) is 5.76. The molecule has 6 nitrogen and oxygen atoms in total. The fourth-order valence-corrected chi connectivity index (χ4v) is 4.31. The van der Waals surface area contributed by atoms with E-state index in [1.165, 1.54) is 0 Å². The molecule has 0 saturated heterocycles. The Morgan fingerprint density at radius 3 is 2.25 bits per heavy atom. The van der Waals surface area contributed by atoms with Crippen LogP contribution >= 0.6 is 23.2 Å². The molecule has 2 heterocycles. The van der Waals surface area contributed by atoms with Crippen molar-refractivity contribution in [3.63, 3.8) is 0 Å². The second kappa shape index (κ2) is 9.93. The molecule has 3 aromatic carbocycles. The highest BCUT2D eigenvalue weighted by atomic mass is 35.5. The molecule has 36 heavy (non-hydrogen) atoms. The molecule has 0 aliphatic carbocycles. The number of benzene rings is 3. The molecule has 0 aliphatic heterocycles. The van der Waals surface area contributed by atoms with Gasteiger partial charge < -0.3 is 9.67 Å². The average Bonchev–Trinajstić information content (AvgIpc) is 3.26. The van der Waals surface area contributed by atoms with Gasteiger partial charge in [0.2, 0.25) is 0 Å². The van der Waals surface area contributed by atoms with Gasteiger partial charge in [0.15, 0.2) is 11.6 Å². The van der Waals surface area contributed by atoms with Crippen LogP contribution in [0.2, 0.25) is 10.0 Å². The minimum absolute atomic E-state index is 0.115. The van der Waals surface area contributed by atoms with Gasteiger partial charge >= 0.3 is 5.97 Å². The van der Waals surface area contributed by atoms with Crippen molar-refractivity contribution in [3.05, 3.63) is 101 Å². The minimum Gasteiger partial charge on any atom is -0.481 e. The highest BCUT2D eigenvalue weighted by Crippen LogP contribution is 2.31. The van der Waals surface area contributed by atoms with Crippen LogP contribution in [-0.2, 0) is 4.79 Å². The van der Waals surface area contributed by atoms with Gasteiger partial charge in [0.1, 0.15) is 5.82 Å². The van der Waals surface area contributed by atoms with Crippen molar-refractivity contribution in [1.82, 2.24) is 14.5 Å². The van der Waals surface area contributed by atoms with E-state index in [4.69, 9.17) is 38.3 Å². The maximum absolute atomic E-state index is 13.0. The first kappa shape index (κ1) is 23.7. The molecule has 178 valence electrons. The molecule has 5 aromatic rings. The SMILES string of the molecule is O=C(O)CCC(=O)c1cn(-c2cc(-c3ccc(Cl)cc3)nc(-c3ccccc3)n2)c2ccc(Cl)cc12. The van der Waals surface area contributed by atoms with Crippen LogP contribution in [0.1, 0.15) is 23.2 Å². The van der Waals surface area contributed by atoms with Crippen LogP contribution in [0.25, 0.3) is 39.4 Å². The molecule has 0 bridgehead atoms. The Hall–Kier alpha value is -4.00. The smallest absolute Gasteiger partial charge is 0.303 e. The summed E-state index contributed by atoms with van der Waals surface area (Å²) in [5.41, 5.74) is 3.49. The average molecular weight is 516 g/mol. The fourth-order valence-electron chi connectivity index (χ4n) is 4.01. The first-order valence-corrected chi connectivity index (χ1v) is 11.9. The molecular weight excluding hydrogens is 497 g/mol. The summed E-state index contributed by atoms with van der Waals surface area (Å²) in [6.45, 7) is 0. The van der Waals surface area contributed by atoms with Crippen LogP contribution in [0.15, 0.2) is 85.1 Å². The number of carboxylic acid groups (broad SMARTS) is 1. The zero-order chi connectivity index (χ0) is 25.2. The van der Waals surface area contributed by atoms with Gasteiger partial charge in [0.25, 0.3) is 0 Å². The van der Waals surface area contributed by atoms with Crippen LogP contribution < -0.4 is 0 Å². The van der Waals surface area contributed by atoms with Crippen molar-refractivity contribution in [1.29, 1.82) is 0 Å². The third-order valence-corrected chi connectivity index (χ3v) is 6.25. The number of hydrogen-bond donors (Lipinski definition) is 1. The number of Topliss-reactive ketones (excluding diaryl/α,β-unsaturated/α-hetero) is 1. The Morgan fingerprint density at radius 2 is 1.53 bits per heavy atom. The summed E-state index contributed by atoms with van der Waals surface area (Å²) in [7, 11) is 0. The molecule has 0 fully saturated rings. The van der Waals surface area contributed by atoms with Crippen molar-refractivity contribution >= 4 is 45.9 Å². The van der Waals surface area contributed by atoms with Gasteiger partial charge in [-0.2, -0.15) is 0 Å². The van der Waals surface area contributed by atoms with Crippen molar-refractivity contribution in [3.8, 4) is 28.5 Å². The van der Waals surface area contributed by atoms with E-state index in [1.807, 2.05) is 59.2 Å². The molecule has 0 atom stereocenters. The van der Waals surface area contributed by atoms with Gasteiger partial charge in [-0.05, 0) is 30.3 Å². The van der Waals surface area contributed by atoms with Crippen molar-refractivity contribution in [2.24, 2.45) is 0 Å². The number of aromatic nitrogens is 3. The van der Waals surface area contributed by atoms with Crippen molar-refractivity contribution < 1.29 is 14.7 Å². The van der Waals surface area contributed by atoms with Crippen LogP contribution in [0.4, 0.5) is 0 Å². The first-order chi connectivity index (χ1) is 17.4. The molecule has 1 N–H and O–H groups in total. The van der Waals surface area contributed by atoms with E-state index in [2.05, 4.69) is 0 Å². The number of rotatable bonds is 7. The summed E-state index contributed by atoms with van der Waals surface area (Å²) in [4.78, 5) is 33.6. The molecular formula is C28H19Cl2N3O3. The lowest BCUT2D eigenvalue weighted by Gasteiger charge is -2.11. The number of halogens is 2. The summed E-state index contributed by atoms with van der Waals surface area (Å²) in [5.74, 6) is -0.231. The van der Waals surface area contributed by atoms with E-state index in [1.54, 1.807) is 30.5 Å². The van der Waals surface area contributed by atoms with Gasteiger partial charge in [-0.1, -0.05) is 65.7 Å². The van der Waals surface area contributed by atoms with Crippen molar-refractivity contribution in [2.75, 3.05) is 0 Å². The molecule has 0 saturated carbocycles. The van der Waals surface area contributed by atoms with Crippen LogP contribution in [0, 0.1) is 0 Å². The number of hydrogen-bond acceptors (Lipinski definition) is 4. The lowest BCUT2D eigenvalue weighted by molar-refractivity contribution is -0.136. The maximum Gasteiger partial charge on any atom is 0.303 e. The minimum atomic E-state index is -1.03. The van der Waals surface area contributed by atoms with Gasteiger partial charge in [-0.3, -0.25) is 9.59 Å². The molecule has 2 aromatic heterocycles. The van der Waals surface area contributed by atoms with Gasteiger partial charge in [-0.25, -0.2) is 9.97 Å². The molecule has 0 aliphatic rings. The topological polar surface area (TPSA) is 85.1 Å². The number of carbonyl (C=O) groups is 2. The zero-order valence-corrected chi connectivity index (χ0v) is 20.4. The van der Waals surface area contributed by atoms with E-state index in [0.717, 1.165) is 16.6 Å². The number of fused-ring (bicyclic) bond motifs is 1. The van der Waals surface area contributed by atoms with Gasteiger partial charge in [0.05, 0.1) is 17.6 Å². The summed E-state index contributed by atoms with van der Waals surface area (Å²) in [5, 5.41) is 10.8. The number of carboxylic acids is 1. The standard InChI is InChI=1S/C28H19Cl2N3O3/c29-19-8-6-17(7-9-19)23-15-26(32-28(31-23)18-4-2-1-3-5-18)33-16-22(25(34)12-13-27(35)36)21-14-20(30)10-11-24(21)33/h1-11,14-16H,12-13H2,(H,35,36). The summed E-state index contributed by atoms with van der Waals surface area (Å²) < 4.78 is 1.81. The van der Waals surface area contributed by atoms with Gasteiger partial charge in [-0.15, -0.1) is 0 Å². The Bertz CT molecular complexity index is 1600. The van der Waals surface area contributed by atoms with E-state index in [-0.39, 0.29) is 18.6 Å². The Kier molecular flexibility index (Phi) is 6.55. The molecule has 0 amide bonds. The Morgan fingerprint density at radius 1 is 0.806 bits per heavy atom. The number of aliphatic carboxylic acids is 1. The highest BCUT2D eigenvalue weighted by molar-refractivity contribution is 6.31. The van der Waals surface area contributed by atoms with Crippen LogP contribution in [0.5, 0.6) is 0 Å². The van der Waals surface area contributed by atoms with E-state index in [0.29, 0.717) is 38.3 Å². The predicted molar refractivity (Wildman–Crippen MR) is 141 cm³/mol. The second-order valence-corrected chi connectivity index (χ2v) is 9.07. The molecule has 5 rings (SSSR count). The fraction of sp³-hybridized carbons (Fsp3) is 0.0714. The largest absolute Gasteiger partial charge is 0.481 e. The monoisotopic (exact) mass is 515 g/mol. The van der Waals surface area contributed by atoms with Crippen LogP contribution in [0.3, 0.4) is 0 Å². The highest BCUT2D eigenvalue weighted by Gasteiger charge is 2.19. The summed E-state index contributed by atoms with van der Waals surface area (Å²) in [6.07, 6.45) is 1.32. The molecule has 8 heteroatoms. The number of nitrogens with zero attached hydrogens (tertiary/aromatic N) is 3. The predicted octanol–water partition coefficient (Wildman–Crippen LogP) is 7.11. The van der Waals surface area contributed by atoms with E-state index >= 15 is 0 Å². The Balaban J connectivity index is 1.71. The van der Waals surface area contributed by atoms with E-state index < -0.39 is 5.97 Å².